The average Bonchev–Trinajstić information content (AvgIpc) is 3.39. The number of amides is 3. The maximum atomic E-state index is 12.4. The van der Waals surface area contributed by atoms with Crippen LogP contribution in [0.3, 0.4) is 0 Å². The molecule has 3 amide bonds. The number of nitrogens with one attached hydrogen (secondary N) is 3. The third-order valence-corrected chi connectivity index (χ3v) is 5.33. The number of hydrogen-bond acceptors (Lipinski definition) is 5. The fourth-order valence-electron chi connectivity index (χ4n) is 3.49. The minimum Gasteiger partial charge on any atom is -0.347 e. The van der Waals surface area contributed by atoms with Crippen molar-refractivity contribution in [1.29, 1.82) is 0 Å². The third kappa shape index (κ3) is 5.63. The lowest BCUT2D eigenvalue weighted by Gasteiger charge is -2.12. The summed E-state index contributed by atoms with van der Waals surface area (Å²) >= 11 is 0. The summed E-state index contributed by atoms with van der Waals surface area (Å²) in [6.07, 6.45) is 3.03. The van der Waals surface area contributed by atoms with Crippen molar-refractivity contribution in [2.45, 2.75) is 19.4 Å². The molecule has 4 aromatic rings. The van der Waals surface area contributed by atoms with Crippen LogP contribution in [0.2, 0.25) is 0 Å². The van der Waals surface area contributed by atoms with Gasteiger partial charge in [-0.05, 0) is 47.5 Å². The maximum absolute atomic E-state index is 12.4. The van der Waals surface area contributed by atoms with Crippen LogP contribution in [0.15, 0.2) is 79.4 Å². The fraction of sp³-hybridized carbons (Fsp3) is 0.160. The summed E-state index contributed by atoms with van der Waals surface area (Å²) in [5, 5.41) is 14.2. The van der Waals surface area contributed by atoms with Crippen molar-refractivity contribution in [1.82, 2.24) is 20.1 Å². The molecule has 0 aliphatic carbocycles. The summed E-state index contributed by atoms with van der Waals surface area (Å²) in [6.45, 7) is 1.57. The molecular weight excluding hydrogens is 432 g/mol. The van der Waals surface area contributed by atoms with Gasteiger partial charge in [-0.3, -0.25) is 14.4 Å². The zero-order valence-corrected chi connectivity index (χ0v) is 18.6. The number of hydrogen-bond donors (Lipinski definition) is 3. The Hall–Kier alpha value is -4.53. The van der Waals surface area contributed by atoms with Crippen LogP contribution in [0.1, 0.15) is 18.5 Å². The molecule has 1 heterocycles. The highest BCUT2D eigenvalue weighted by Gasteiger charge is 2.15. The Morgan fingerprint density at radius 3 is 2.32 bits per heavy atom. The zero-order valence-electron chi connectivity index (χ0n) is 18.6. The summed E-state index contributed by atoms with van der Waals surface area (Å²) in [5.74, 6) is -0.815. The molecule has 0 radical (unpaired) electrons. The van der Waals surface area contributed by atoms with Crippen molar-refractivity contribution in [3.8, 4) is 0 Å². The largest absolute Gasteiger partial charge is 0.347 e. The van der Waals surface area contributed by atoms with E-state index in [0.717, 1.165) is 16.3 Å². The van der Waals surface area contributed by atoms with Gasteiger partial charge in [0.2, 0.25) is 17.7 Å². The second-order valence-corrected chi connectivity index (χ2v) is 7.76. The van der Waals surface area contributed by atoms with E-state index in [2.05, 4.69) is 26.0 Å². The van der Waals surface area contributed by atoms with Gasteiger partial charge in [-0.1, -0.05) is 42.5 Å². The molecule has 0 saturated heterocycles. The Bertz CT molecular complexity index is 1300. The molecule has 1 unspecified atom stereocenters. The summed E-state index contributed by atoms with van der Waals surface area (Å²) in [5.41, 5.74) is 2.04. The SMILES string of the molecule is CC(C(=O)Nc1ccc(NC(=O)CNC(=O)Cc2cccc3ccccc23)cc1)n1cncn1. The predicted octanol–water partition coefficient (Wildman–Crippen LogP) is 2.93. The molecule has 0 saturated carbocycles. The fourth-order valence-corrected chi connectivity index (χ4v) is 3.49. The molecule has 4 rings (SSSR count). The Labute approximate surface area is 196 Å². The first kappa shape index (κ1) is 22.7. The molecule has 1 atom stereocenters. The minimum absolute atomic E-state index is 0.141. The van der Waals surface area contributed by atoms with Crippen molar-refractivity contribution >= 4 is 39.9 Å². The summed E-state index contributed by atoms with van der Waals surface area (Å²) in [7, 11) is 0. The van der Waals surface area contributed by atoms with E-state index < -0.39 is 6.04 Å². The van der Waals surface area contributed by atoms with E-state index in [1.807, 2.05) is 42.5 Å². The number of aromatic nitrogens is 3. The highest BCUT2D eigenvalue weighted by molar-refractivity contribution is 5.97. The van der Waals surface area contributed by atoms with E-state index in [4.69, 9.17) is 0 Å². The Kier molecular flexibility index (Phi) is 6.92. The van der Waals surface area contributed by atoms with Gasteiger partial charge < -0.3 is 16.0 Å². The Morgan fingerprint density at radius 2 is 1.59 bits per heavy atom. The number of fused-ring (bicyclic) bond motifs is 1. The van der Waals surface area contributed by atoms with Crippen molar-refractivity contribution in [2.24, 2.45) is 0 Å². The molecule has 3 N–H and O–H groups in total. The number of carbonyl (C=O) groups excluding carboxylic acids is 3. The second kappa shape index (κ2) is 10.4. The van der Waals surface area contributed by atoms with Crippen molar-refractivity contribution in [2.75, 3.05) is 17.2 Å². The van der Waals surface area contributed by atoms with E-state index in [0.29, 0.717) is 11.4 Å². The predicted molar refractivity (Wildman–Crippen MR) is 129 cm³/mol. The van der Waals surface area contributed by atoms with E-state index >= 15 is 0 Å². The van der Waals surface area contributed by atoms with Crippen molar-refractivity contribution in [3.05, 3.63) is 84.9 Å². The molecule has 9 heteroatoms. The molecule has 0 fully saturated rings. The highest BCUT2D eigenvalue weighted by Crippen LogP contribution is 2.19. The normalized spacial score (nSPS) is 11.6. The van der Waals surface area contributed by atoms with E-state index in [9.17, 15) is 14.4 Å². The monoisotopic (exact) mass is 456 g/mol. The van der Waals surface area contributed by atoms with Gasteiger partial charge in [0, 0.05) is 11.4 Å². The van der Waals surface area contributed by atoms with Gasteiger partial charge in [-0.2, -0.15) is 5.10 Å². The summed E-state index contributed by atoms with van der Waals surface area (Å²) in [4.78, 5) is 40.8. The molecule has 0 bridgehead atoms. The van der Waals surface area contributed by atoms with Crippen LogP contribution in [0, 0.1) is 0 Å². The molecule has 0 aliphatic rings. The van der Waals surface area contributed by atoms with Crippen LogP contribution in [-0.2, 0) is 20.8 Å². The van der Waals surface area contributed by atoms with Gasteiger partial charge >= 0.3 is 0 Å². The van der Waals surface area contributed by atoms with Crippen LogP contribution in [-0.4, -0.2) is 39.0 Å². The van der Waals surface area contributed by atoms with E-state index in [-0.39, 0.29) is 30.7 Å². The maximum Gasteiger partial charge on any atom is 0.249 e. The lowest BCUT2D eigenvalue weighted by atomic mass is 10.0. The molecule has 0 spiro atoms. The van der Waals surface area contributed by atoms with Gasteiger partial charge in [0.15, 0.2) is 0 Å². The van der Waals surface area contributed by atoms with Gasteiger partial charge in [0.25, 0.3) is 0 Å². The quantitative estimate of drug-likeness (QED) is 0.377. The first-order chi connectivity index (χ1) is 16.5. The molecule has 34 heavy (non-hydrogen) atoms. The van der Waals surface area contributed by atoms with Crippen molar-refractivity contribution in [3.63, 3.8) is 0 Å². The summed E-state index contributed by atoms with van der Waals surface area (Å²) < 4.78 is 1.46. The highest BCUT2D eigenvalue weighted by atomic mass is 16.2. The van der Waals surface area contributed by atoms with Crippen LogP contribution < -0.4 is 16.0 Å². The van der Waals surface area contributed by atoms with Gasteiger partial charge in [-0.25, -0.2) is 9.67 Å². The van der Waals surface area contributed by atoms with Crippen LogP contribution in [0.5, 0.6) is 0 Å². The van der Waals surface area contributed by atoms with E-state index in [1.54, 1.807) is 31.2 Å². The molecule has 3 aromatic carbocycles. The molecule has 0 aliphatic heterocycles. The number of rotatable bonds is 8. The lowest BCUT2D eigenvalue weighted by molar-refractivity contribution is -0.123. The van der Waals surface area contributed by atoms with Crippen LogP contribution in [0.4, 0.5) is 11.4 Å². The molecule has 172 valence electrons. The molecular formula is C25H24N6O3. The second-order valence-electron chi connectivity index (χ2n) is 7.76. The minimum atomic E-state index is -0.514. The van der Waals surface area contributed by atoms with Gasteiger partial charge in [-0.15, -0.1) is 0 Å². The summed E-state index contributed by atoms with van der Waals surface area (Å²) in [6, 6.07) is 19.9. The van der Waals surface area contributed by atoms with Crippen LogP contribution >= 0.6 is 0 Å². The van der Waals surface area contributed by atoms with Crippen molar-refractivity contribution < 1.29 is 14.4 Å². The number of nitrogens with zero attached hydrogens (tertiary/aromatic N) is 3. The smallest absolute Gasteiger partial charge is 0.249 e. The van der Waals surface area contributed by atoms with E-state index in [1.165, 1.54) is 17.3 Å². The molecule has 1 aromatic heterocycles. The average molecular weight is 457 g/mol. The molecule has 9 nitrogen and oxygen atoms in total. The first-order valence-electron chi connectivity index (χ1n) is 10.8. The lowest BCUT2D eigenvalue weighted by Crippen LogP contribution is -2.33. The zero-order chi connectivity index (χ0) is 23.9. The van der Waals surface area contributed by atoms with Gasteiger partial charge in [0.1, 0.15) is 18.7 Å². The Balaban J connectivity index is 1.25. The van der Waals surface area contributed by atoms with Gasteiger partial charge in [0.05, 0.1) is 13.0 Å². The number of carbonyl (C=O) groups is 3. The third-order valence-electron chi connectivity index (χ3n) is 5.33. The number of anilines is 2. The standard InChI is InChI=1S/C25H24N6O3/c1-17(31-16-26-15-28-31)25(34)30-21-11-9-20(10-12-21)29-24(33)14-27-23(32)13-19-7-4-6-18-5-2-3-8-22(18)19/h2-12,15-17H,13-14H2,1H3,(H,27,32)(H,29,33)(H,30,34). The number of benzene rings is 3. The Morgan fingerprint density at radius 1 is 0.882 bits per heavy atom. The van der Waals surface area contributed by atoms with Crippen LogP contribution in [0.25, 0.3) is 10.8 Å². The first-order valence-corrected chi connectivity index (χ1v) is 10.8. The topological polar surface area (TPSA) is 118 Å².